The molecule has 1 rings (SSSR count). The average Bonchev–Trinajstić information content (AvgIpc) is 2.32. The molecule has 4 N–H and O–H groups in total. The molecule has 0 aliphatic heterocycles. The van der Waals surface area contributed by atoms with E-state index >= 15 is 0 Å². The molecule has 20 heavy (non-hydrogen) atoms. The quantitative estimate of drug-likeness (QED) is 0.348. The third kappa shape index (κ3) is 5.26. The van der Waals surface area contributed by atoms with Gasteiger partial charge in [0.15, 0.2) is 0 Å². The van der Waals surface area contributed by atoms with Crippen LogP contribution in [0.1, 0.15) is 19.4 Å². The summed E-state index contributed by atoms with van der Waals surface area (Å²) in [5.41, 5.74) is 1.62. The van der Waals surface area contributed by atoms with E-state index in [4.69, 9.17) is 17.4 Å². The molecule has 0 heterocycles. The van der Waals surface area contributed by atoms with E-state index < -0.39 is 11.7 Å². The molecule has 112 valence electrons. The first kappa shape index (κ1) is 16.6. The first-order valence-electron chi connectivity index (χ1n) is 5.88. The lowest BCUT2D eigenvalue weighted by Gasteiger charge is -2.13. The fourth-order valence-electron chi connectivity index (χ4n) is 1.36. The van der Waals surface area contributed by atoms with E-state index in [-0.39, 0.29) is 16.7 Å². The molecule has 0 amide bonds. The van der Waals surface area contributed by atoms with Crippen molar-refractivity contribution in [2.75, 3.05) is 11.9 Å². The lowest BCUT2D eigenvalue weighted by molar-refractivity contribution is -0.137. The molecule has 1 aromatic carbocycles. The number of nitrogens with two attached hydrogens (primary N) is 1. The van der Waals surface area contributed by atoms with Gasteiger partial charge in [-0.15, -0.1) is 0 Å². The van der Waals surface area contributed by atoms with Crippen molar-refractivity contribution < 1.29 is 13.2 Å². The van der Waals surface area contributed by atoms with Gasteiger partial charge in [0.1, 0.15) is 0 Å². The standard InChI is InChI=1S/C12H16ClF3N4/c1-7(2)6-18-11(20-17)19-10-4-8(12(14,15)16)3-9(13)5-10/h3-5,7H,6,17H2,1-2H3,(H2,18,19,20). The fourth-order valence-corrected chi connectivity index (χ4v) is 1.59. The maximum absolute atomic E-state index is 12.7. The number of nitrogens with one attached hydrogen (secondary N) is 2. The molecular weight excluding hydrogens is 293 g/mol. The van der Waals surface area contributed by atoms with E-state index in [1.807, 2.05) is 13.8 Å². The molecule has 0 aromatic heterocycles. The van der Waals surface area contributed by atoms with Crippen LogP contribution < -0.4 is 16.6 Å². The van der Waals surface area contributed by atoms with Crippen LogP contribution in [0.5, 0.6) is 0 Å². The number of alkyl halides is 3. The van der Waals surface area contributed by atoms with Crippen molar-refractivity contribution >= 4 is 23.2 Å². The van der Waals surface area contributed by atoms with Crippen molar-refractivity contribution in [3.63, 3.8) is 0 Å². The minimum absolute atomic E-state index is 0.0254. The van der Waals surface area contributed by atoms with Gasteiger partial charge in [-0.1, -0.05) is 25.4 Å². The summed E-state index contributed by atoms with van der Waals surface area (Å²) in [4.78, 5) is 4.10. The van der Waals surface area contributed by atoms with Crippen LogP contribution in [-0.4, -0.2) is 12.5 Å². The number of hydrogen-bond donors (Lipinski definition) is 3. The summed E-state index contributed by atoms with van der Waals surface area (Å²) in [5.74, 6) is 5.74. The summed E-state index contributed by atoms with van der Waals surface area (Å²) < 4.78 is 38.0. The minimum atomic E-state index is -4.47. The van der Waals surface area contributed by atoms with Crippen molar-refractivity contribution in [2.45, 2.75) is 20.0 Å². The fraction of sp³-hybridized carbons (Fsp3) is 0.417. The number of benzene rings is 1. The molecule has 0 fully saturated rings. The molecule has 0 bridgehead atoms. The summed E-state index contributed by atoms with van der Waals surface area (Å²) >= 11 is 5.68. The molecule has 0 spiro atoms. The van der Waals surface area contributed by atoms with Crippen LogP contribution in [-0.2, 0) is 6.18 Å². The van der Waals surface area contributed by atoms with E-state index in [0.717, 1.165) is 12.1 Å². The highest BCUT2D eigenvalue weighted by molar-refractivity contribution is 6.31. The highest BCUT2D eigenvalue weighted by atomic mass is 35.5. The van der Waals surface area contributed by atoms with Gasteiger partial charge >= 0.3 is 6.18 Å². The zero-order valence-corrected chi connectivity index (χ0v) is 11.8. The van der Waals surface area contributed by atoms with Crippen molar-refractivity contribution in [1.82, 2.24) is 5.43 Å². The first-order valence-corrected chi connectivity index (χ1v) is 6.26. The number of anilines is 1. The van der Waals surface area contributed by atoms with Crippen LogP contribution in [0.2, 0.25) is 5.02 Å². The Morgan fingerprint density at radius 1 is 1.35 bits per heavy atom. The minimum Gasteiger partial charge on any atom is -0.325 e. The maximum atomic E-state index is 12.7. The predicted molar refractivity (Wildman–Crippen MR) is 74.5 cm³/mol. The Kier molecular flexibility index (Phi) is 5.64. The highest BCUT2D eigenvalue weighted by Gasteiger charge is 2.31. The van der Waals surface area contributed by atoms with Gasteiger partial charge in [-0.25, -0.2) is 5.84 Å². The van der Waals surface area contributed by atoms with Gasteiger partial charge in [0.25, 0.3) is 0 Å². The lowest BCUT2D eigenvalue weighted by Crippen LogP contribution is -2.36. The van der Waals surface area contributed by atoms with Crippen LogP contribution in [0.15, 0.2) is 23.2 Å². The molecule has 1 aromatic rings. The molecule has 0 saturated heterocycles. The summed E-state index contributed by atoms with van der Waals surface area (Å²) in [6.45, 7) is 4.40. The maximum Gasteiger partial charge on any atom is 0.416 e. The molecule has 4 nitrogen and oxygen atoms in total. The van der Waals surface area contributed by atoms with Gasteiger partial charge in [-0.2, -0.15) is 13.2 Å². The molecule has 0 aliphatic rings. The molecule has 0 atom stereocenters. The van der Waals surface area contributed by atoms with Gasteiger partial charge in [-0.3, -0.25) is 10.4 Å². The SMILES string of the molecule is CC(C)CN=C(NN)Nc1cc(Cl)cc(C(F)(F)F)c1. The van der Waals surface area contributed by atoms with Crippen molar-refractivity contribution in [1.29, 1.82) is 0 Å². The molecule has 0 aliphatic carbocycles. The Hall–Kier alpha value is -1.47. The number of nitrogens with zero attached hydrogens (tertiary/aromatic N) is 1. The van der Waals surface area contributed by atoms with E-state index in [9.17, 15) is 13.2 Å². The number of rotatable bonds is 3. The van der Waals surface area contributed by atoms with Gasteiger partial charge in [0, 0.05) is 17.3 Å². The predicted octanol–water partition coefficient (Wildman–Crippen LogP) is 3.25. The summed E-state index contributed by atoms with van der Waals surface area (Å²) in [7, 11) is 0. The van der Waals surface area contributed by atoms with Crippen LogP contribution in [0.4, 0.5) is 18.9 Å². The number of hydrazine groups is 1. The number of halogens is 4. The first-order chi connectivity index (χ1) is 9.22. The second-order valence-electron chi connectivity index (χ2n) is 4.58. The topological polar surface area (TPSA) is 62.4 Å². The van der Waals surface area contributed by atoms with E-state index in [1.54, 1.807) is 0 Å². The Bertz CT molecular complexity index is 486. The van der Waals surface area contributed by atoms with Crippen LogP contribution >= 0.6 is 11.6 Å². The van der Waals surface area contributed by atoms with Crippen LogP contribution in [0, 0.1) is 5.92 Å². The Balaban J connectivity index is 2.96. The molecule has 0 saturated carbocycles. The second kappa shape index (κ2) is 6.81. The normalized spacial score (nSPS) is 12.7. The van der Waals surface area contributed by atoms with Gasteiger partial charge in [0.05, 0.1) is 5.56 Å². The van der Waals surface area contributed by atoms with E-state index in [1.165, 1.54) is 6.07 Å². The highest BCUT2D eigenvalue weighted by Crippen LogP contribution is 2.33. The second-order valence-corrected chi connectivity index (χ2v) is 5.02. The zero-order valence-electron chi connectivity index (χ0n) is 11.1. The third-order valence-corrected chi connectivity index (χ3v) is 2.46. The van der Waals surface area contributed by atoms with E-state index in [0.29, 0.717) is 12.5 Å². The molecule has 8 heteroatoms. The van der Waals surface area contributed by atoms with Gasteiger partial charge in [0.2, 0.25) is 5.96 Å². The monoisotopic (exact) mass is 308 g/mol. The van der Waals surface area contributed by atoms with Crippen molar-refractivity contribution in [3.8, 4) is 0 Å². The van der Waals surface area contributed by atoms with Gasteiger partial charge in [-0.05, 0) is 24.1 Å². The molecule has 0 radical (unpaired) electrons. The van der Waals surface area contributed by atoms with Gasteiger partial charge < -0.3 is 5.32 Å². The number of aliphatic imine (C=N–C) groups is 1. The Labute approximate surface area is 120 Å². The summed E-state index contributed by atoms with van der Waals surface area (Å²) in [6.07, 6.45) is -4.47. The van der Waals surface area contributed by atoms with Crippen LogP contribution in [0.3, 0.4) is 0 Å². The number of guanidine groups is 1. The van der Waals surface area contributed by atoms with E-state index in [2.05, 4.69) is 15.7 Å². The largest absolute Gasteiger partial charge is 0.416 e. The molecule has 0 unspecified atom stereocenters. The number of hydrogen-bond acceptors (Lipinski definition) is 2. The third-order valence-electron chi connectivity index (χ3n) is 2.24. The van der Waals surface area contributed by atoms with Crippen molar-refractivity contribution in [2.24, 2.45) is 16.8 Å². The van der Waals surface area contributed by atoms with Crippen molar-refractivity contribution in [3.05, 3.63) is 28.8 Å². The van der Waals surface area contributed by atoms with Crippen LogP contribution in [0.25, 0.3) is 0 Å². The smallest absolute Gasteiger partial charge is 0.325 e. The zero-order chi connectivity index (χ0) is 15.3. The lowest BCUT2D eigenvalue weighted by atomic mass is 10.2. The summed E-state index contributed by atoms with van der Waals surface area (Å²) in [5, 5.41) is 2.64. The Morgan fingerprint density at radius 2 is 2.00 bits per heavy atom. The summed E-state index contributed by atoms with van der Waals surface area (Å²) in [6, 6.07) is 3.15. The molecular formula is C12H16ClF3N4. The Morgan fingerprint density at radius 3 is 2.50 bits per heavy atom. The average molecular weight is 309 g/mol.